The molecular weight excluding hydrogens is 284 g/mol. The fourth-order valence-electron chi connectivity index (χ4n) is 4.07. The smallest absolute Gasteiger partial charge is 0.200 e. The number of rotatable bonds is 3. The summed E-state index contributed by atoms with van der Waals surface area (Å²) in [5.74, 6) is -1.72. The topological polar surface area (TPSA) is 68.2 Å². The quantitative estimate of drug-likeness (QED) is 0.782. The van der Waals surface area contributed by atoms with Crippen LogP contribution < -0.4 is 0 Å². The third-order valence-electron chi connectivity index (χ3n) is 5.42. The van der Waals surface area contributed by atoms with Crippen LogP contribution in [0.4, 0.5) is 0 Å². The molecule has 22 heavy (non-hydrogen) atoms. The molecule has 5 nitrogen and oxygen atoms in total. The number of aliphatic hydroxyl groups excluding tert-OH is 1. The van der Waals surface area contributed by atoms with Crippen LogP contribution in [0.3, 0.4) is 0 Å². The van der Waals surface area contributed by atoms with E-state index in [0.717, 1.165) is 32.1 Å². The average Bonchev–Trinajstić information content (AvgIpc) is 2.83. The van der Waals surface area contributed by atoms with Crippen LogP contribution in [0.5, 0.6) is 0 Å². The summed E-state index contributed by atoms with van der Waals surface area (Å²) in [6.45, 7) is 5.58. The fourth-order valence-corrected chi connectivity index (χ4v) is 4.07. The van der Waals surface area contributed by atoms with Gasteiger partial charge in [0.1, 0.15) is 5.60 Å². The highest BCUT2D eigenvalue weighted by molar-refractivity contribution is 5.03. The van der Waals surface area contributed by atoms with Crippen LogP contribution in [0.25, 0.3) is 0 Å². The van der Waals surface area contributed by atoms with Crippen LogP contribution in [0.1, 0.15) is 58.3 Å². The number of ether oxygens (including phenoxy) is 3. The Bertz CT molecular complexity index is 423. The first-order chi connectivity index (χ1) is 10.4. The van der Waals surface area contributed by atoms with Crippen molar-refractivity contribution in [1.29, 1.82) is 0 Å². The minimum Gasteiger partial charge on any atom is -0.394 e. The Labute approximate surface area is 132 Å². The van der Waals surface area contributed by atoms with Crippen LogP contribution in [0.2, 0.25) is 0 Å². The highest BCUT2D eigenvalue weighted by atomic mass is 16.8. The first-order valence-electron chi connectivity index (χ1n) is 8.44. The molecule has 5 atom stereocenters. The third kappa shape index (κ3) is 2.74. The predicted molar refractivity (Wildman–Crippen MR) is 81.1 cm³/mol. The van der Waals surface area contributed by atoms with Gasteiger partial charge in [0, 0.05) is 19.3 Å². The molecule has 5 heteroatoms. The summed E-state index contributed by atoms with van der Waals surface area (Å²) in [7, 11) is 0. The van der Waals surface area contributed by atoms with E-state index in [0.29, 0.717) is 19.3 Å². The lowest BCUT2D eigenvalue weighted by Gasteiger charge is -2.49. The molecular formula is C17H28O5. The molecule has 3 aliphatic heterocycles. The zero-order valence-electron chi connectivity index (χ0n) is 13.4. The molecule has 2 N–H and O–H groups in total. The Morgan fingerprint density at radius 3 is 2.68 bits per heavy atom. The van der Waals surface area contributed by atoms with E-state index >= 15 is 0 Å². The lowest BCUT2D eigenvalue weighted by Crippen LogP contribution is -2.60. The molecule has 0 amide bonds. The van der Waals surface area contributed by atoms with Crippen molar-refractivity contribution in [3.63, 3.8) is 0 Å². The molecule has 3 rings (SSSR count). The molecule has 0 unspecified atom stereocenters. The largest absolute Gasteiger partial charge is 0.394 e. The minimum atomic E-state index is -1.02. The Morgan fingerprint density at radius 2 is 1.95 bits per heavy atom. The molecule has 0 aromatic rings. The molecule has 2 spiro atoms. The first-order valence-corrected chi connectivity index (χ1v) is 8.44. The van der Waals surface area contributed by atoms with Crippen molar-refractivity contribution >= 4 is 0 Å². The van der Waals surface area contributed by atoms with Crippen molar-refractivity contribution in [3.05, 3.63) is 12.7 Å². The summed E-state index contributed by atoms with van der Waals surface area (Å²) in [5.41, 5.74) is -1.02. The maximum atomic E-state index is 10.9. The van der Waals surface area contributed by atoms with Gasteiger partial charge < -0.3 is 24.4 Å². The third-order valence-corrected chi connectivity index (χ3v) is 5.42. The van der Waals surface area contributed by atoms with Crippen molar-refractivity contribution in [2.75, 3.05) is 6.61 Å². The van der Waals surface area contributed by atoms with E-state index in [9.17, 15) is 10.2 Å². The Hall–Kier alpha value is -0.460. The molecule has 3 heterocycles. The van der Waals surface area contributed by atoms with E-state index in [1.54, 1.807) is 6.92 Å². The summed E-state index contributed by atoms with van der Waals surface area (Å²) in [5, 5.41) is 20.2. The predicted octanol–water partition coefficient (Wildman–Crippen LogP) is 2.26. The average molecular weight is 312 g/mol. The summed E-state index contributed by atoms with van der Waals surface area (Å²) >= 11 is 0. The van der Waals surface area contributed by atoms with Gasteiger partial charge in [0.25, 0.3) is 0 Å². The van der Waals surface area contributed by atoms with Crippen LogP contribution in [-0.2, 0) is 14.2 Å². The van der Waals surface area contributed by atoms with Crippen molar-refractivity contribution < 1.29 is 24.4 Å². The van der Waals surface area contributed by atoms with Gasteiger partial charge in [0.05, 0.1) is 18.8 Å². The van der Waals surface area contributed by atoms with E-state index in [4.69, 9.17) is 14.2 Å². The van der Waals surface area contributed by atoms with E-state index in [2.05, 4.69) is 6.58 Å². The number of hydrogen-bond donors (Lipinski definition) is 2. The van der Waals surface area contributed by atoms with Gasteiger partial charge in [-0.3, -0.25) is 0 Å². The normalized spacial score (nSPS) is 48.9. The van der Waals surface area contributed by atoms with Crippen LogP contribution in [0, 0.1) is 0 Å². The van der Waals surface area contributed by atoms with Crippen LogP contribution in [-0.4, -0.2) is 46.2 Å². The second-order valence-electron chi connectivity index (χ2n) is 7.16. The van der Waals surface area contributed by atoms with Gasteiger partial charge in [-0.25, -0.2) is 0 Å². The van der Waals surface area contributed by atoms with E-state index in [1.165, 1.54) is 0 Å². The second kappa shape index (κ2) is 5.87. The summed E-state index contributed by atoms with van der Waals surface area (Å²) in [6, 6.07) is 0. The molecule has 0 aromatic carbocycles. The van der Waals surface area contributed by atoms with Gasteiger partial charge in [0.15, 0.2) is 5.79 Å². The van der Waals surface area contributed by atoms with Crippen LogP contribution in [0.15, 0.2) is 12.7 Å². The lowest BCUT2D eigenvalue weighted by molar-refractivity contribution is -0.401. The molecule has 3 aliphatic rings. The van der Waals surface area contributed by atoms with Gasteiger partial charge in [-0.1, -0.05) is 6.08 Å². The number of hydrogen-bond acceptors (Lipinski definition) is 5. The van der Waals surface area contributed by atoms with E-state index < -0.39 is 17.2 Å². The van der Waals surface area contributed by atoms with Crippen molar-refractivity contribution in [1.82, 2.24) is 0 Å². The van der Waals surface area contributed by atoms with Crippen molar-refractivity contribution in [2.24, 2.45) is 0 Å². The molecule has 0 radical (unpaired) electrons. The lowest BCUT2D eigenvalue weighted by atomic mass is 9.83. The van der Waals surface area contributed by atoms with Gasteiger partial charge >= 0.3 is 0 Å². The number of aliphatic hydroxyl groups is 2. The van der Waals surface area contributed by atoms with Crippen LogP contribution >= 0.6 is 0 Å². The maximum absolute atomic E-state index is 10.9. The molecule has 126 valence electrons. The van der Waals surface area contributed by atoms with Gasteiger partial charge in [0.2, 0.25) is 5.79 Å². The Kier molecular flexibility index (Phi) is 4.38. The highest BCUT2D eigenvalue weighted by Crippen LogP contribution is 2.53. The zero-order chi connectivity index (χ0) is 15.8. The van der Waals surface area contributed by atoms with E-state index in [1.807, 2.05) is 6.08 Å². The second-order valence-corrected chi connectivity index (χ2v) is 7.16. The fraction of sp³-hybridized carbons (Fsp3) is 0.882. The summed E-state index contributed by atoms with van der Waals surface area (Å²) in [4.78, 5) is 0. The van der Waals surface area contributed by atoms with Crippen molar-refractivity contribution in [2.45, 2.75) is 87.7 Å². The standard InChI is InChI=1S/C17H28O5/c1-3-5-13-7-9-15(2,19)17(21-13)11-10-16(22-17)8-4-6-14(12-18)20-16/h3,13-14,18-19H,1,4-12H2,2H3/t13-,14-,15-,16-,17-/m0/s1. The van der Waals surface area contributed by atoms with Gasteiger partial charge in [-0.2, -0.15) is 0 Å². The van der Waals surface area contributed by atoms with Gasteiger partial charge in [-0.15, -0.1) is 6.58 Å². The highest BCUT2D eigenvalue weighted by Gasteiger charge is 2.62. The zero-order valence-corrected chi connectivity index (χ0v) is 13.4. The monoisotopic (exact) mass is 312 g/mol. The molecule has 3 fully saturated rings. The van der Waals surface area contributed by atoms with Gasteiger partial charge in [-0.05, 0) is 39.0 Å². The molecule has 0 bridgehead atoms. The Balaban J connectivity index is 1.79. The maximum Gasteiger partial charge on any atom is 0.200 e. The Morgan fingerprint density at radius 1 is 1.14 bits per heavy atom. The first kappa shape index (κ1) is 16.4. The molecule has 0 saturated carbocycles. The summed E-state index contributed by atoms with van der Waals surface area (Å²) < 4.78 is 18.5. The minimum absolute atomic E-state index is 0.00838. The molecule has 0 aliphatic carbocycles. The van der Waals surface area contributed by atoms with E-state index in [-0.39, 0.29) is 18.8 Å². The molecule has 0 aromatic heterocycles. The SMILES string of the molecule is C=CC[C@H]1CC[C@](C)(O)[C@@]2(CC[C@]3(CCC[C@@H](CO)O3)O2)O1. The summed E-state index contributed by atoms with van der Waals surface area (Å²) in [6.07, 6.45) is 7.82. The molecule has 3 saturated heterocycles. The van der Waals surface area contributed by atoms with Crippen molar-refractivity contribution in [3.8, 4) is 0 Å².